The number of nitrogens with zero attached hydrogens (tertiary/aromatic N) is 1. The van der Waals surface area contributed by atoms with Gasteiger partial charge >= 0.3 is 0 Å². The second-order valence-corrected chi connectivity index (χ2v) is 5.33. The van der Waals surface area contributed by atoms with Crippen molar-refractivity contribution < 1.29 is 19.4 Å². The molecule has 0 saturated carbocycles. The van der Waals surface area contributed by atoms with Crippen LogP contribution < -0.4 is 9.47 Å². The minimum absolute atomic E-state index is 0.116. The van der Waals surface area contributed by atoms with E-state index in [1.165, 1.54) is 14.2 Å². The second-order valence-electron chi connectivity index (χ2n) is 5.33. The Morgan fingerprint density at radius 2 is 1.70 bits per heavy atom. The number of hydrogen-bond donors (Lipinski definition) is 1. The molecule has 1 heterocycles. The summed E-state index contributed by atoms with van der Waals surface area (Å²) in [5.41, 5.74) is -0.235. The predicted molar refractivity (Wildman–Crippen MR) is 75.3 cm³/mol. The third-order valence-corrected chi connectivity index (χ3v) is 3.77. The molecule has 0 spiro atoms. The number of piperidine rings is 1. The van der Waals surface area contributed by atoms with E-state index in [1.54, 1.807) is 30.0 Å². The van der Waals surface area contributed by atoms with Gasteiger partial charge in [-0.25, -0.2) is 0 Å². The molecule has 1 aromatic carbocycles. The highest BCUT2D eigenvalue weighted by Gasteiger charge is 2.32. The van der Waals surface area contributed by atoms with Crippen LogP contribution in [0.15, 0.2) is 18.2 Å². The van der Waals surface area contributed by atoms with Crippen LogP contribution in [0.1, 0.15) is 30.1 Å². The van der Waals surface area contributed by atoms with Gasteiger partial charge in [-0.2, -0.15) is 0 Å². The van der Waals surface area contributed by atoms with Gasteiger partial charge in [-0.15, -0.1) is 0 Å². The predicted octanol–water partition coefficient (Wildman–Crippen LogP) is 1.69. The smallest absolute Gasteiger partial charge is 0.261 e. The summed E-state index contributed by atoms with van der Waals surface area (Å²) in [7, 11) is 3.07. The van der Waals surface area contributed by atoms with E-state index in [-0.39, 0.29) is 5.91 Å². The number of amides is 1. The largest absolute Gasteiger partial charge is 0.496 e. The highest BCUT2D eigenvalue weighted by Crippen LogP contribution is 2.31. The highest BCUT2D eigenvalue weighted by atomic mass is 16.5. The van der Waals surface area contributed by atoms with Crippen LogP contribution in [0.3, 0.4) is 0 Å². The van der Waals surface area contributed by atoms with Gasteiger partial charge in [0.05, 0.1) is 19.8 Å². The van der Waals surface area contributed by atoms with Gasteiger partial charge in [0.15, 0.2) is 0 Å². The number of carbonyl (C=O) groups is 1. The molecule has 0 aliphatic carbocycles. The first-order chi connectivity index (χ1) is 9.48. The third-order valence-electron chi connectivity index (χ3n) is 3.77. The Bertz CT molecular complexity index is 466. The van der Waals surface area contributed by atoms with Gasteiger partial charge in [0, 0.05) is 13.1 Å². The SMILES string of the molecule is COc1cccc(OC)c1C(=O)N1CCC(C)(O)CC1. The highest BCUT2D eigenvalue weighted by molar-refractivity contribution is 5.99. The Labute approximate surface area is 119 Å². The fourth-order valence-electron chi connectivity index (χ4n) is 2.41. The van der Waals surface area contributed by atoms with Crippen molar-refractivity contribution in [3.05, 3.63) is 23.8 Å². The van der Waals surface area contributed by atoms with E-state index >= 15 is 0 Å². The molecule has 0 unspecified atom stereocenters. The van der Waals surface area contributed by atoms with Crippen molar-refractivity contribution in [3.8, 4) is 11.5 Å². The van der Waals surface area contributed by atoms with Gasteiger partial charge in [-0.3, -0.25) is 4.79 Å². The van der Waals surface area contributed by atoms with Gasteiger partial charge in [-0.05, 0) is 31.9 Å². The van der Waals surface area contributed by atoms with Crippen molar-refractivity contribution in [2.75, 3.05) is 27.3 Å². The number of likely N-dealkylation sites (tertiary alicyclic amines) is 1. The summed E-state index contributed by atoms with van der Waals surface area (Å²) >= 11 is 0. The van der Waals surface area contributed by atoms with Gasteiger partial charge in [0.2, 0.25) is 0 Å². The van der Waals surface area contributed by atoms with E-state index in [0.717, 1.165) is 0 Å². The molecule has 0 atom stereocenters. The van der Waals surface area contributed by atoms with Crippen LogP contribution in [-0.2, 0) is 0 Å². The third kappa shape index (κ3) is 2.88. The molecule has 20 heavy (non-hydrogen) atoms. The lowest BCUT2D eigenvalue weighted by Gasteiger charge is -2.36. The summed E-state index contributed by atoms with van der Waals surface area (Å²) in [6.45, 7) is 2.87. The van der Waals surface area contributed by atoms with Gasteiger partial charge < -0.3 is 19.5 Å². The van der Waals surface area contributed by atoms with E-state index in [1.807, 2.05) is 0 Å². The van der Waals surface area contributed by atoms with Crippen LogP contribution in [0.25, 0.3) is 0 Å². The zero-order valence-electron chi connectivity index (χ0n) is 12.2. The van der Waals surface area contributed by atoms with E-state index < -0.39 is 5.60 Å². The van der Waals surface area contributed by atoms with Crippen molar-refractivity contribution in [3.63, 3.8) is 0 Å². The molecule has 0 radical (unpaired) electrons. The normalized spacial score (nSPS) is 17.7. The molecular weight excluding hydrogens is 258 g/mol. The van der Waals surface area contributed by atoms with Crippen LogP contribution in [0.5, 0.6) is 11.5 Å². The van der Waals surface area contributed by atoms with Crippen LogP contribution in [0.4, 0.5) is 0 Å². The van der Waals surface area contributed by atoms with Gasteiger partial charge in [-0.1, -0.05) is 6.07 Å². The molecule has 5 nitrogen and oxygen atoms in total. The van der Waals surface area contributed by atoms with Crippen molar-refractivity contribution >= 4 is 5.91 Å². The molecule has 1 aromatic rings. The lowest BCUT2D eigenvalue weighted by Crippen LogP contribution is -2.45. The van der Waals surface area contributed by atoms with Crippen molar-refractivity contribution in [2.45, 2.75) is 25.4 Å². The topological polar surface area (TPSA) is 59.0 Å². The molecule has 0 aromatic heterocycles. The molecule has 1 aliphatic heterocycles. The first-order valence-electron chi connectivity index (χ1n) is 6.71. The van der Waals surface area contributed by atoms with E-state index in [0.29, 0.717) is 43.0 Å². The molecule has 1 N–H and O–H groups in total. The van der Waals surface area contributed by atoms with Gasteiger partial charge in [0.25, 0.3) is 5.91 Å². The maximum Gasteiger partial charge on any atom is 0.261 e. The Morgan fingerprint density at radius 1 is 1.20 bits per heavy atom. The lowest BCUT2D eigenvalue weighted by molar-refractivity contribution is -0.00215. The average molecular weight is 279 g/mol. The van der Waals surface area contributed by atoms with E-state index in [2.05, 4.69) is 0 Å². The van der Waals surface area contributed by atoms with Crippen LogP contribution in [0.2, 0.25) is 0 Å². The molecule has 110 valence electrons. The first-order valence-corrected chi connectivity index (χ1v) is 6.71. The molecule has 5 heteroatoms. The second kappa shape index (κ2) is 5.71. The summed E-state index contributed by atoms with van der Waals surface area (Å²) in [6.07, 6.45) is 1.16. The number of carbonyl (C=O) groups excluding carboxylic acids is 1. The molecule has 1 saturated heterocycles. The summed E-state index contributed by atoms with van der Waals surface area (Å²) in [5.74, 6) is 0.896. The van der Waals surface area contributed by atoms with Crippen molar-refractivity contribution in [1.29, 1.82) is 0 Å². The Balaban J connectivity index is 2.25. The zero-order valence-corrected chi connectivity index (χ0v) is 12.2. The maximum atomic E-state index is 12.7. The van der Waals surface area contributed by atoms with E-state index in [4.69, 9.17) is 9.47 Å². The number of ether oxygens (including phenoxy) is 2. The first kappa shape index (κ1) is 14.7. The van der Waals surface area contributed by atoms with Crippen LogP contribution in [0, 0.1) is 0 Å². The Hall–Kier alpha value is -1.75. The number of methoxy groups -OCH3 is 2. The molecule has 2 rings (SSSR count). The van der Waals surface area contributed by atoms with Crippen molar-refractivity contribution in [1.82, 2.24) is 4.90 Å². The quantitative estimate of drug-likeness (QED) is 0.914. The summed E-state index contributed by atoms with van der Waals surface area (Å²) in [6, 6.07) is 5.28. The van der Waals surface area contributed by atoms with Crippen LogP contribution in [-0.4, -0.2) is 48.8 Å². The molecular formula is C15H21NO4. The number of rotatable bonds is 3. The maximum absolute atomic E-state index is 12.7. The standard InChI is InChI=1S/C15H21NO4/c1-15(18)7-9-16(10-8-15)14(17)13-11(19-2)5-4-6-12(13)20-3/h4-6,18H,7-10H2,1-3H3. The summed E-state index contributed by atoms with van der Waals surface area (Å²) < 4.78 is 10.5. The number of hydrogen-bond acceptors (Lipinski definition) is 4. The fourth-order valence-corrected chi connectivity index (χ4v) is 2.41. The minimum Gasteiger partial charge on any atom is -0.496 e. The fraction of sp³-hybridized carbons (Fsp3) is 0.533. The van der Waals surface area contributed by atoms with Gasteiger partial charge in [0.1, 0.15) is 17.1 Å². The molecule has 1 fully saturated rings. The van der Waals surface area contributed by atoms with E-state index in [9.17, 15) is 9.90 Å². The monoisotopic (exact) mass is 279 g/mol. The zero-order chi connectivity index (χ0) is 14.8. The number of aliphatic hydroxyl groups is 1. The molecule has 1 aliphatic rings. The minimum atomic E-state index is -0.679. The van der Waals surface area contributed by atoms with Crippen LogP contribution >= 0.6 is 0 Å². The summed E-state index contributed by atoms with van der Waals surface area (Å²) in [4.78, 5) is 14.4. The average Bonchev–Trinajstić information content (AvgIpc) is 2.45. The number of benzene rings is 1. The molecule has 1 amide bonds. The molecule has 0 bridgehead atoms. The lowest BCUT2D eigenvalue weighted by atomic mass is 9.93. The Kier molecular flexibility index (Phi) is 4.18. The summed E-state index contributed by atoms with van der Waals surface area (Å²) in [5, 5.41) is 9.96. The Morgan fingerprint density at radius 3 is 2.15 bits per heavy atom. The van der Waals surface area contributed by atoms with Crippen molar-refractivity contribution in [2.24, 2.45) is 0 Å².